The molecule has 0 radical (unpaired) electrons. The molecule has 1 aliphatic rings. The summed E-state index contributed by atoms with van der Waals surface area (Å²) in [5, 5.41) is 0. The molecule has 2 aromatic rings. The molecule has 1 aliphatic heterocycles. The zero-order chi connectivity index (χ0) is 23.1. The third-order valence-corrected chi connectivity index (χ3v) is 7.09. The first kappa shape index (κ1) is 23.9. The summed E-state index contributed by atoms with van der Waals surface area (Å²) in [6.45, 7) is 1.89. The molecule has 0 spiro atoms. The largest absolute Gasteiger partial charge is 0.292 e. The molecule has 1 heterocycles. The third kappa shape index (κ3) is 6.36. The maximum absolute atomic E-state index is 12.6. The summed E-state index contributed by atoms with van der Waals surface area (Å²) in [5.74, 6) is -0.867. The molecule has 0 aromatic heterocycles. The second-order valence-corrected chi connectivity index (χ2v) is 10.2. The van der Waals surface area contributed by atoms with Crippen molar-refractivity contribution in [1.29, 1.82) is 0 Å². The zero-order valence-corrected chi connectivity index (χ0v) is 19.6. The van der Waals surface area contributed by atoms with Crippen molar-refractivity contribution in [3.05, 3.63) is 82.8 Å². The molecule has 1 fully saturated rings. The van der Waals surface area contributed by atoms with Crippen LogP contribution in [0.25, 0.3) is 6.08 Å². The minimum Gasteiger partial charge on any atom is -0.292 e. The number of rotatable bonds is 8. The van der Waals surface area contributed by atoms with Gasteiger partial charge in [0.15, 0.2) is 0 Å². The van der Waals surface area contributed by atoms with Gasteiger partial charge in [-0.15, -0.1) is 4.83 Å². The van der Waals surface area contributed by atoms with Crippen molar-refractivity contribution in [1.82, 2.24) is 15.2 Å². The third-order valence-electron chi connectivity index (χ3n) is 4.43. The van der Waals surface area contributed by atoms with Crippen LogP contribution in [0.15, 0.2) is 76.5 Å². The first-order valence-corrected chi connectivity index (χ1v) is 12.3. The van der Waals surface area contributed by atoms with Crippen LogP contribution in [0, 0.1) is 6.92 Å². The number of hydrogen-bond acceptors (Lipinski definition) is 6. The number of sulfonamides is 1. The van der Waals surface area contributed by atoms with E-state index in [2.05, 4.69) is 10.3 Å². The predicted molar refractivity (Wildman–Crippen MR) is 130 cm³/mol. The highest BCUT2D eigenvalue weighted by molar-refractivity contribution is 8.26. The predicted octanol–water partition coefficient (Wildman–Crippen LogP) is 3.15. The van der Waals surface area contributed by atoms with Crippen LogP contribution < -0.4 is 10.3 Å². The van der Waals surface area contributed by atoms with E-state index >= 15 is 0 Å². The molecule has 7 nitrogen and oxygen atoms in total. The molecule has 2 aromatic carbocycles. The lowest BCUT2D eigenvalue weighted by Crippen LogP contribution is -2.43. The smallest absolute Gasteiger partial charge is 0.266 e. The van der Waals surface area contributed by atoms with E-state index in [1.54, 1.807) is 24.3 Å². The number of hydrogen-bond donors (Lipinski definition) is 2. The average molecular weight is 488 g/mol. The Kier molecular flexibility index (Phi) is 7.97. The highest BCUT2D eigenvalue weighted by Crippen LogP contribution is 2.31. The van der Waals surface area contributed by atoms with Gasteiger partial charge < -0.3 is 0 Å². The first-order valence-electron chi connectivity index (χ1n) is 9.61. The Morgan fingerprint density at radius 3 is 2.50 bits per heavy atom. The van der Waals surface area contributed by atoms with Crippen molar-refractivity contribution in [3.63, 3.8) is 0 Å². The van der Waals surface area contributed by atoms with Gasteiger partial charge in [0.25, 0.3) is 15.9 Å². The highest BCUT2D eigenvalue weighted by atomic mass is 32.2. The second-order valence-electron chi connectivity index (χ2n) is 6.84. The van der Waals surface area contributed by atoms with Crippen LogP contribution in [0.3, 0.4) is 0 Å². The SMILES string of the molecule is Cc1ccc(S(=O)(=O)NNC(=O)CCN2C(=O)/C(=C/C=C/c3ccccc3)SC2=S)cc1. The van der Waals surface area contributed by atoms with Crippen molar-refractivity contribution >= 4 is 56.2 Å². The number of nitrogens with zero attached hydrogens (tertiary/aromatic N) is 1. The zero-order valence-electron chi connectivity index (χ0n) is 17.1. The number of carbonyl (C=O) groups is 2. The van der Waals surface area contributed by atoms with E-state index in [-0.39, 0.29) is 23.8 Å². The Labute approximate surface area is 196 Å². The molecular formula is C22H21N3O4S3. The van der Waals surface area contributed by atoms with Gasteiger partial charge in [-0.2, -0.15) is 0 Å². The molecule has 166 valence electrons. The Bertz CT molecular complexity index is 1170. The van der Waals surface area contributed by atoms with E-state index < -0.39 is 15.9 Å². The van der Waals surface area contributed by atoms with Gasteiger partial charge >= 0.3 is 0 Å². The fraction of sp³-hybridized carbons (Fsp3) is 0.136. The van der Waals surface area contributed by atoms with E-state index in [0.29, 0.717) is 9.23 Å². The number of nitrogens with one attached hydrogen (secondary N) is 2. The first-order chi connectivity index (χ1) is 15.3. The number of aryl methyl sites for hydroxylation is 1. The van der Waals surface area contributed by atoms with Crippen LogP contribution in [-0.2, 0) is 19.6 Å². The molecule has 1 saturated heterocycles. The topological polar surface area (TPSA) is 95.6 Å². The van der Waals surface area contributed by atoms with E-state index in [0.717, 1.165) is 22.9 Å². The summed E-state index contributed by atoms with van der Waals surface area (Å²) in [6, 6.07) is 15.9. The lowest BCUT2D eigenvalue weighted by molar-refractivity contribution is -0.124. The number of benzene rings is 2. The fourth-order valence-electron chi connectivity index (χ4n) is 2.69. The van der Waals surface area contributed by atoms with E-state index in [9.17, 15) is 18.0 Å². The Balaban J connectivity index is 1.51. The maximum atomic E-state index is 12.6. The van der Waals surface area contributed by atoms with Crippen LogP contribution in [0.4, 0.5) is 0 Å². The summed E-state index contributed by atoms with van der Waals surface area (Å²) in [7, 11) is -3.88. The summed E-state index contributed by atoms with van der Waals surface area (Å²) in [4.78, 5) is 28.6. The molecule has 2 amide bonds. The van der Waals surface area contributed by atoms with Crippen LogP contribution >= 0.6 is 24.0 Å². The van der Waals surface area contributed by atoms with Gasteiger partial charge in [0.1, 0.15) is 4.32 Å². The minimum absolute atomic E-state index is 0.0361. The summed E-state index contributed by atoms with van der Waals surface area (Å²) >= 11 is 6.41. The van der Waals surface area contributed by atoms with Crippen molar-refractivity contribution in [2.75, 3.05) is 6.54 Å². The fourth-order valence-corrected chi connectivity index (χ4v) is 4.81. The van der Waals surface area contributed by atoms with Gasteiger partial charge in [0.2, 0.25) is 5.91 Å². The van der Waals surface area contributed by atoms with Gasteiger partial charge in [-0.1, -0.05) is 84.2 Å². The van der Waals surface area contributed by atoms with Crippen molar-refractivity contribution in [3.8, 4) is 0 Å². The second kappa shape index (κ2) is 10.7. The number of amides is 2. The lowest BCUT2D eigenvalue weighted by Gasteiger charge is -2.14. The number of thiocarbonyl (C=S) groups is 1. The quantitative estimate of drug-likeness (QED) is 0.337. The molecule has 0 aliphatic carbocycles. The van der Waals surface area contributed by atoms with Gasteiger partial charge in [-0.05, 0) is 30.7 Å². The van der Waals surface area contributed by atoms with E-state index in [1.807, 2.05) is 43.3 Å². The molecule has 0 atom stereocenters. The van der Waals surface area contributed by atoms with Crippen molar-refractivity contribution in [2.24, 2.45) is 0 Å². The normalized spacial score (nSPS) is 15.7. The molecule has 0 bridgehead atoms. The number of hydrazine groups is 1. The maximum Gasteiger partial charge on any atom is 0.266 e. The molecule has 32 heavy (non-hydrogen) atoms. The molecule has 10 heteroatoms. The van der Waals surface area contributed by atoms with Gasteiger partial charge in [0.05, 0.1) is 9.80 Å². The monoisotopic (exact) mass is 487 g/mol. The lowest BCUT2D eigenvalue weighted by atomic mass is 10.2. The van der Waals surface area contributed by atoms with Gasteiger partial charge in [0, 0.05) is 13.0 Å². The molecule has 3 rings (SSSR count). The van der Waals surface area contributed by atoms with Crippen LogP contribution in [0.2, 0.25) is 0 Å². The minimum atomic E-state index is -3.88. The van der Waals surface area contributed by atoms with Gasteiger partial charge in [-0.25, -0.2) is 8.42 Å². The standard InChI is InChI=1S/C22H21N3O4S3/c1-16-10-12-18(13-11-16)32(28,29)24-23-20(26)14-15-25-21(27)19(31-22(25)30)9-5-8-17-6-3-2-4-7-17/h2-13,24H,14-15H2,1H3,(H,23,26)/b8-5+,19-9-. The summed E-state index contributed by atoms with van der Waals surface area (Å²) < 4.78 is 24.8. The van der Waals surface area contributed by atoms with Crippen LogP contribution in [0.1, 0.15) is 17.5 Å². The molecular weight excluding hydrogens is 466 g/mol. The van der Waals surface area contributed by atoms with Gasteiger partial charge in [-0.3, -0.25) is 19.9 Å². The number of carbonyl (C=O) groups excluding carboxylic acids is 2. The van der Waals surface area contributed by atoms with E-state index in [1.165, 1.54) is 17.0 Å². The summed E-state index contributed by atoms with van der Waals surface area (Å²) in [6.07, 6.45) is 5.21. The Hall–Kier alpha value is -2.79. The Morgan fingerprint density at radius 2 is 1.81 bits per heavy atom. The Morgan fingerprint density at radius 1 is 1.12 bits per heavy atom. The molecule has 2 N–H and O–H groups in total. The van der Waals surface area contributed by atoms with E-state index in [4.69, 9.17) is 12.2 Å². The van der Waals surface area contributed by atoms with Crippen LogP contribution in [0.5, 0.6) is 0 Å². The number of allylic oxidation sites excluding steroid dienone is 2. The molecule has 0 unspecified atom stereocenters. The number of thioether (sulfide) groups is 1. The van der Waals surface area contributed by atoms with Crippen LogP contribution in [-0.4, -0.2) is 36.0 Å². The highest BCUT2D eigenvalue weighted by Gasteiger charge is 2.31. The summed E-state index contributed by atoms with van der Waals surface area (Å²) in [5.41, 5.74) is 4.08. The van der Waals surface area contributed by atoms with Crippen molar-refractivity contribution < 1.29 is 18.0 Å². The molecule has 0 saturated carbocycles. The average Bonchev–Trinajstić information content (AvgIpc) is 3.04. The van der Waals surface area contributed by atoms with Crippen molar-refractivity contribution in [2.45, 2.75) is 18.2 Å².